The van der Waals surface area contributed by atoms with Gasteiger partial charge in [-0.05, 0) is 24.3 Å². The summed E-state index contributed by atoms with van der Waals surface area (Å²) in [6, 6.07) is 7.13. The summed E-state index contributed by atoms with van der Waals surface area (Å²) in [6.07, 6.45) is -3.04. The molecular formula is C10H11F2NOS. The third-order valence-corrected chi connectivity index (χ3v) is 2.56. The molecule has 0 N–H and O–H groups in total. The molecule has 2 rings (SSSR count). The van der Waals surface area contributed by atoms with Crippen molar-refractivity contribution < 1.29 is 13.5 Å². The first-order chi connectivity index (χ1) is 7.07. The summed E-state index contributed by atoms with van der Waals surface area (Å²) < 4.78 is 30.2. The molecule has 0 amide bonds. The number of nitrogens with zero attached hydrogens (tertiary/aromatic N) is 1. The van der Waals surface area contributed by atoms with E-state index >= 15 is 0 Å². The van der Waals surface area contributed by atoms with E-state index in [-0.39, 0.29) is 13.2 Å². The molecule has 0 spiro atoms. The molecule has 82 valence electrons. The third-order valence-electron chi connectivity index (χ3n) is 2.26. The molecule has 5 heteroatoms. The van der Waals surface area contributed by atoms with Gasteiger partial charge < -0.3 is 9.64 Å². The molecule has 0 saturated carbocycles. The normalized spacial score (nSPS) is 20.3. The highest BCUT2D eigenvalue weighted by Gasteiger charge is 2.36. The number of morpholine rings is 1. The van der Waals surface area contributed by atoms with Crippen molar-refractivity contribution in [2.45, 2.75) is 11.0 Å². The number of thiol groups is 1. The number of hydrogen-bond acceptors (Lipinski definition) is 3. The Bertz CT molecular complexity index is 342. The van der Waals surface area contributed by atoms with Gasteiger partial charge in [-0.1, -0.05) is 0 Å². The molecule has 0 aromatic heterocycles. The zero-order valence-corrected chi connectivity index (χ0v) is 8.88. The van der Waals surface area contributed by atoms with Crippen molar-refractivity contribution in [3.8, 4) is 0 Å². The topological polar surface area (TPSA) is 12.5 Å². The van der Waals surface area contributed by atoms with Crippen LogP contribution in [0.3, 0.4) is 0 Å². The SMILES string of the molecule is FC1(F)CN(c2ccc(S)cc2)CCO1. The van der Waals surface area contributed by atoms with Crippen LogP contribution in [0.5, 0.6) is 0 Å². The van der Waals surface area contributed by atoms with Crippen molar-refractivity contribution in [2.75, 3.05) is 24.6 Å². The third kappa shape index (κ3) is 2.60. The first-order valence-corrected chi connectivity index (χ1v) is 5.07. The Morgan fingerprint density at radius 2 is 1.93 bits per heavy atom. The first kappa shape index (κ1) is 10.7. The van der Waals surface area contributed by atoms with Gasteiger partial charge in [-0.15, -0.1) is 12.6 Å². The van der Waals surface area contributed by atoms with Gasteiger partial charge in [-0.2, -0.15) is 8.78 Å². The molecular weight excluding hydrogens is 220 g/mol. The molecule has 2 nitrogen and oxygen atoms in total. The fourth-order valence-electron chi connectivity index (χ4n) is 1.54. The van der Waals surface area contributed by atoms with E-state index < -0.39 is 6.11 Å². The van der Waals surface area contributed by atoms with E-state index in [2.05, 4.69) is 17.4 Å². The summed E-state index contributed by atoms with van der Waals surface area (Å²) in [5, 5.41) is 0. The van der Waals surface area contributed by atoms with Crippen LogP contribution in [0.1, 0.15) is 0 Å². The number of rotatable bonds is 1. The van der Waals surface area contributed by atoms with Crippen LogP contribution in [0.4, 0.5) is 14.5 Å². The predicted octanol–water partition coefficient (Wildman–Crippen LogP) is 2.40. The monoisotopic (exact) mass is 231 g/mol. The first-order valence-electron chi connectivity index (χ1n) is 4.63. The van der Waals surface area contributed by atoms with Crippen molar-refractivity contribution in [3.63, 3.8) is 0 Å². The Hall–Kier alpha value is -0.810. The van der Waals surface area contributed by atoms with Gasteiger partial charge in [0.15, 0.2) is 0 Å². The van der Waals surface area contributed by atoms with Gasteiger partial charge in [-0.3, -0.25) is 0 Å². The number of benzene rings is 1. The van der Waals surface area contributed by atoms with E-state index in [9.17, 15) is 8.78 Å². The summed E-state index contributed by atoms with van der Waals surface area (Å²) in [7, 11) is 0. The van der Waals surface area contributed by atoms with E-state index in [1.165, 1.54) is 0 Å². The van der Waals surface area contributed by atoms with Gasteiger partial charge in [0.25, 0.3) is 0 Å². The second-order valence-corrected chi connectivity index (χ2v) is 3.94. The van der Waals surface area contributed by atoms with E-state index in [1.807, 2.05) is 0 Å². The van der Waals surface area contributed by atoms with Crippen molar-refractivity contribution in [1.29, 1.82) is 0 Å². The van der Waals surface area contributed by atoms with Crippen LogP contribution in [0.2, 0.25) is 0 Å². The Kier molecular flexibility index (Phi) is 2.84. The molecule has 0 radical (unpaired) electrons. The predicted molar refractivity (Wildman–Crippen MR) is 56.8 cm³/mol. The van der Waals surface area contributed by atoms with Gasteiger partial charge in [0.1, 0.15) is 6.54 Å². The van der Waals surface area contributed by atoms with Crippen LogP contribution in [0, 0.1) is 0 Å². The van der Waals surface area contributed by atoms with Crippen LogP contribution in [0.25, 0.3) is 0 Å². The Balaban J connectivity index is 2.13. The minimum absolute atomic E-state index is 0.0512. The summed E-state index contributed by atoms with van der Waals surface area (Å²) in [6.45, 7) is 0.149. The van der Waals surface area contributed by atoms with Crippen LogP contribution in [-0.2, 0) is 4.74 Å². The second kappa shape index (κ2) is 3.98. The fraction of sp³-hybridized carbons (Fsp3) is 0.400. The van der Waals surface area contributed by atoms with Crippen molar-refractivity contribution in [1.82, 2.24) is 0 Å². The molecule has 1 aliphatic heterocycles. The Morgan fingerprint density at radius 3 is 2.53 bits per heavy atom. The molecule has 15 heavy (non-hydrogen) atoms. The quantitative estimate of drug-likeness (QED) is 0.745. The van der Waals surface area contributed by atoms with Gasteiger partial charge in [0.2, 0.25) is 0 Å². The van der Waals surface area contributed by atoms with Crippen LogP contribution >= 0.6 is 12.6 Å². The lowest BCUT2D eigenvalue weighted by Gasteiger charge is -2.33. The molecule has 1 heterocycles. The lowest BCUT2D eigenvalue weighted by molar-refractivity contribution is -0.240. The average molecular weight is 231 g/mol. The van der Waals surface area contributed by atoms with Crippen molar-refractivity contribution in [2.24, 2.45) is 0 Å². The summed E-state index contributed by atoms with van der Waals surface area (Å²) >= 11 is 4.14. The molecule has 1 aliphatic rings. The molecule has 1 saturated heterocycles. The zero-order valence-electron chi connectivity index (χ0n) is 7.99. The van der Waals surface area contributed by atoms with Gasteiger partial charge >= 0.3 is 6.11 Å². The number of hydrogen-bond donors (Lipinski definition) is 1. The smallest absolute Gasteiger partial charge is 0.360 e. The van der Waals surface area contributed by atoms with Crippen LogP contribution < -0.4 is 4.90 Å². The molecule has 0 unspecified atom stereocenters. The van der Waals surface area contributed by atoms with E-state index in [0.29, 0.717) is 6.54 Å². The molecule has 0 aliphatic carbocycles. The van der Waals surface area contributed by atoms with E-state index in [4.69, 9.17) is 0 Å². The van der Waals surface area contributed by atoms with Crippen molar-refractivity contribution >= 4 is 18.3 Å². The summed E-state index contributed by atoms with van der Waals surface area (Å²) in [5.74, 6) is 0. The second-order valence-electron chi connectivity index (χ2n) is 3.42. The minimum atomic E-state index is -3.04. The molecule has 0 atom stereocenters. The van der Waals surface area contributed by atoms with E-state index in [1.54, 1.807) is 29.2 Å². The molecule has 1 aromatic carbocycles. The molecule has 1 fully saturated rings. The van der Waals surface area contributed by atoms with Crippen molar-refractivity contribution in [3.05, 3.63) is 24.3 Å². The minimum Gasteiger partial charge on any atom is -0.360 e. The Morgan fingerprint density at radius 1 is 1.27 bits per heavy atom. The highest BCUT2D eigenvalue weighted by Crippen LogP contribution is 2.26. The summed E-state index contributed by atoms with van der Waals surface area (Å²) in [5.41, 5.74) is 0.774. The number of alkyl halides is 2. The van der Waals surface area contributed by atoms with E-state index in [0.717, 1.165) is 10.6 Å². The maximum Gasteiger partial charge on any atom is 0.373 e. The number of ether oxygens (including phenoxy) is 1. The van der Waals surface area contributed by atoms with Crippen LogP contribution in [-0.4, -0.2) is 25.8 Å². The largest absolute Gasteiger partial charge is 0.373 e. The standard InChI is InChI=1S/C10H11F2NOS/c11-10(12)7-13(5-6-14-10)8-1-3-9(15)4-2-8/h1-4,15H,5-7H2. The van der Waals surface area contributed by atoms with Gasteiger partial charge in [0.05, 0.1) is 6.61 Å². The molecule has 1 aromatic rings. The lowest BCUT2D eigenvalue weighted by atomic mass is 10.2. The van der Waals surface area contributed by atoms with Gasteiger partial charge in [-0.25, -0.2) is 0 Å². The van der Waals surface area contributed by atoms with Crippen LogP contribution in [0.15, 0.2) is 29.2 Å². The fourth-order valence-corrected chi connectivity index (χ4v) is 1.68. The number of anilines is 1. The zero-order chi connectivity index (χ0) is 10.9. The number of halogens is 2. The Labute approximate surface area is 92.2 Å². The maximum absolute atomic E-state index is 12.9. The molecule has 0 bridgehead atoms. The summed E-state index contributed by atoms with van der Waals surface area (Å²) in [4.78, 5) is 2.43. The van der Waals surface area contributed by atoms with Gasteiger partial charge in [0, 0.05) is 17.1 Å². The highest BCUT2D eigenvalue weighted by atomic mass is 32.1. The highest BCUT2D eigenvalue weighted by molar-refractivity contribution is 7.80. The lowest BCUT2D eigenvalue weighted by Crippen LogP contribution is -2.46. The average Bonchev–Trinajstić information content (AvgIpc) is 2.17. The maximum atomic E-state index is 12.9.